The Bertz CT molecular complexity index is 1140. The minimum atomic E-state index is -0.284. The van der Waals surface area contributed by atoms with Gasteiger partial charge in [0.25, 0.3) is 0 Å². The average molecular weight is 376 g/mol. The number of hydrogen-bond acceptors (Lipinski definition) is 5. The molecule has 2 aromatic carbocycles. The molecule has 0 aliphatic rings. The lowest BCUT2D eigenvalue weighted by molar-refractivity contribution is -0.114. The molecule has 0 aliphatic carbocycles. The molecule has 140 valence electrons. The fraction of sp³-hybridized carbons (Fsp3) is 0.100. The maximum Gasteiger partial charge on any atom is 0.221 e. The zero-order valence-corrected chi connectivity index (χ0v) is 15.1. The van der Waals surface area contributed by atoms with E-state index in [1.165, 1.54) is 19.1 Å². The molecule has 7 nitrogen and oxygen atoms in total. The Morgan fingerprint density at radius 2 is 1.86 bits per heavy atom. The molecule has 0 atom stereocenters. The van der Waals surface area contributed by atoms with Gasteiger partial charge in [-0.2, -0.15) is 4.52 Å². The first-order valence-corrected chi connectivity index (χ1v) is 8.66. The summed E-state index contributed by atoms with van der Waals surface area (Å²) in [5.74, 6) is -0.409. The Hall–Kier alpha value is -3.81. The van der Waals surface area contributed by atoms with Crippen molar-refractivity contribution in [3.8, 4) is 11.1 Å². The van der Waals surface area contributed by atoms with E-state index in [0.717, 1.165) is 22.4 Å². The van der Waals surface area contributed by atoms with E-state index in [1.807, 2.05) is 36.5 Å². The average Bonchev–Trinajstić information content (AvgIpc) is 3.15. The summed E-state index contributed by atoms with van der Waals surface area (Å²) in [6, 6.07) is 15.7. The van der Waals surface area contributed by atoms with Crippen molar-refractivity contribution >= 4 is 22.9 Å². The van der Waals surface area contributed by atoms with E-state index >= 15 is 0 Å². The van der Waals surface area contributed by atoms with Gasteiger partial charge >= 0.3 is 0 Å². The van der Waals surface area contributed by atoms with Crippen molar-refractivity contribution in [2.45, 2.75) is 13.5 Å². The molecule has 0 saturated heterocycles. The van der Waals surface area contributed by atoms with Gasteiger partial charge in [0, 0.05) is 42.2 Å². The van der Waals surface area contributed by atoms with Crippen LogP contribution in [-0.2, 0) is 11.3 Å². The monoisotopic (exact) mass is 376 g/mol. The number of pyridine rings is 1. The van der Waals surface area contributed by atoms with E-state index in [0.29, 0.717) is 17.9 Å². The molecule has 2 heterocycles. The van der Waals surface area contributed by atoms with Crippen LogP contribution in [0.5, 0.6) is 0 Å². The summed E-state index contributed by atoms with van der Waals surface area (Å²) < 4.78 is 14.8. The van der Waals surface area contributed by atoms with Crippen molar-refractivity contribution in [3.05, 3.63) is 72.2 Å². The maximum atomic E-state index is 13.2. The first kappa shape index (κ1) is 17.6. The van der Waals surface area contributed by atoms with Crippen LogP contribution < -0.4 is 10.6 Å². The van der Waals surface area contributed by atoms with Gasteiger partial charge in [0.2, 0.25) is 5.91 Å². The molecule has 4 rings (SSSR count). The summed E-state index contributed by atoms with van der Waals surface area (Å²) >= 11 is 0. The number of amides is 1. The summed E-state index contributed by atoms with van der Waals surface area (Å²) in [5.41, 5.74) is 4.83. The highest BCUT2D eigenvalue weighted by molar-refractivity contribution is 5.89. The third kappa shape index (κ3) is 3.80. The van der Waals surface area contributed by atoms with Gasteiger partial charge in [-0.15, -0.1) is 5.10 Å². The Labute approximate surface area is 160 Å². The van der Waals surface area contributed by atoms with Crippen LogP contribution in [0.25, 0.3) is 16.8 Å². The number of nitrogens with zero attached hydrogens (tertiary/aromatic N) is 4. The van der Waals surface area contributed by atoms with Crippen molar-refractivity contribution in [3.63, 3.8) is 0 Å². The molecular weight excluding hydrogens is 359 g/mol. The van der Waals surface area contributed by atoms with Gasteiger partial charge < -0.3 is 10.6 Å². The highest BCUT2D eigenvalue weighted by Gasteiger charge is 2.10. The van der Waals surface area contributed by atoms with E-state index in [2.05, 4.69) is 26.2 Å². The molecule has 2 aromatic heterocycles. The molecule has 0 saturated carbocycles. The quantitative estimate of drug-likeness (QED) is 0.557. The fourth-order valence-corrected chi connectivity index (χ4v) is 2.95. The zero-order valence-electron chi connectivity index (χ0n) is 15.1. The lowest BCUT2D eigenvalue weighted by Gasteiger charge is -2.11. The first-order valence-electron chi connectivity index (χ1n) is 8.66. The van der Waals surface area contributed by atoms with Crippen molar-refractivity contribution in [2.75, 3.05) is 10.6 Å². The number of carbonyl (C=O) groups is 1. The van der Waals surface area contributed by atoms with Crippen LogP contribution in [0.2, 0.25) is 0 Å². The molecule has 0 fully saturated rings. The minimum Gasteiger partial charge on any atom is -0.381 e. The predicted molar refractivity (Wildman–Crippen MR) is 104 cm³/mol. The predicted octanol–water partition coefficient (Wildman–Crippen LogP) is 3.50. The molecule has 0 bridgehead atoms. The number of nitrogens with one attached hydrogen (secondary N) is 2. The van der Waals surface area contributed by atoms with E-state index in [4.69, 9.17) is 0 Å². The van der Waals surface area contributed by atoms with Gasteiger partial charge in [0.1, 0.15) is 5.82 Å². The number of anilines is 2. The second kappa shape index (κ2) is 7.43. The smallest absolute Gasteiger partial charge is 0.221 e. The van der Waals surface area contributed by atoms with Gasteiger partial charge in [0.15, 0.2) is 5.65 Å². The second-order valence-corrected chi connectivity index (χ2v) is 6.32. The van der Waals surface area contributed by atoms with Crippen LogP contribution in [0.1, 0.15) is 12.5 Å². The lowest BCUT2D eigenvalue weighted by Crippen LogP contribution is -2.07. The normalized spacial score (nSPS) is 10.8. The van der Waals surface area contributed by atoms with Crippen LogP contribution in [0, 0.1) is 5.82 Å². The summed E-state index contributed by atoms with van der Waals surface area (Å²) in [6.45, 7) is 1.94. The molecule has 28 heavy (non-hydrogen) atoms. The molecule has 0 radical (unpaired) electrons. The highest BCUT2D eigenvalue weighted by atomic mass is 19.1. The Balaban J connectivity index is 1.62. The molecule has 4 aromatic rings. The van der Waals surface area contributed by atoms with Crippen LogP contribution in [-0.4, -0.2) is 25.9 Å². The second-order valence-electron chi connectivity index (χ2n) is 6.32. The number of aromatic nitrogens is 4. The summed E-state index contributed by atoms with van der Waals surface area (Å²) in [7, 11) is 0. The highest BCUT2D eigenvalue weighted by Crippen LogP contribution is 2.23. The fourth-order valence-electron chi connectivity index (χ4n) is 2.95. The SMILES string of the molecule is CC(=O)Nc1cccc(NCc2cc(-c3ccc(F)cc3)cn3nnnc23)c1. The molecule has 1 amide bonds. The van der Waals surface area contributed by atoms with E-state index in [1.54, 1.807) is 16.6 Å². The van der Waals surface area contributed by atoms with Gasteiger partial charge in [-0.3, -0.25) is 4.79 Å². The number of rotatable bonds is 5. The van der Waals surface area contributed by atoms with Crippen molar-refractivity contribution < 1.29 is 9.18 Å². The third-order valence-electron chi connectivity index (χ3n) is 4.21. The summed E-state index contributed by atoms with van der Waals surface area (Å²) in [5, 5.41) is 17.9. The Kier molecular flexibility index (Phi) is 4.67. The molecule has 8 heteroatoms. The van der Waals surface area contributed by atoms with E-state index < -0.39 is 0 Å². The Morgan fingerprint density at radius 3 is 2.64 bits per heavy atom. The first-order chi connectivity index (χ1) is 13.6. The van der Waals surface area contributed by atoms with Crippen LogP contribution in [0.4, 0.5) is 15.8 Å². The topological polar surface area (TPSA) is 84.2 Å². The van der Waals surface area contributed by atoms with Gasteiger partial charge in [0.05, 0.1) is 0 Å². The van der Waals surface area contributed by atoms with Crippen LogP contribution in [0.3, 0.4) is 0 Å². The molecular formula is C20H17FN6O. The molecule has 2 N–H and O–H groups in total. The zero-order chi connectivity index (χ0) is 19.5. The largest absolute Gasteiger partial charge is 0.381 e. The van der Waals surface area contributed by atoms with Gasteiger partial charge in [-0.05, 0) is 52.4 Å². The Morgan fingerprint density at radius 1 is 1.07 bits per heavy atom. The van der Waals surface area contributed by atoms with E-state index in [-0.39, 0.29) is 11.7 Å². The number of fused-ring (bicyclic) bond motifs is 1. The third-order valence-corrected chi connectivity index (χ3v) is 4.21. The van der Waals surface area contributed by atoms with Gasteiger partial charge in [-0.1, -0.05) is 18.2 Å². The summed E-state index contributed by atoms with van der Waals surface area (Å²) in [4.78, 5) is 11.2. The molecule has 0 unspecified atom stereocenters. The van der Waals surface area contributed by atoms with Crippen molar-refractivity contribution in [2.24, 2.45) is 0 Å². The van der Waals surface area contributed by atoms with Crippen LogP contribution >= 0.6 is 0 Å². The lowest BCUT2D eigenvalue weighted by atomic mass is 10.1. The summed E-state index contributed by atoms with van der Waals surface area (Å²) in [6.07, 6.45) is 1.81. The maximum absolute atomic E-state index is 13.2. The molecule has 0 aliphatic heterocycles. The number of tetrazole rings is 1. The van der Waals surface area contributed by atoms with Crippen molar-refractivity contribution in [1.29, 1.82) is 0 Å². The minimum absolute atomic E-state index is 0.125. The van der Waals surface area contributed by atoms with Gasteiger partial charge in [-0.25, -0.2) is 4.39 Å². The number of halogens is 1. The molecule has 0 spiro atoms. The number of benzene rings is 2. The number of carbonyl (C=O) groups excluding carboxylic acids is 1. The van der Waals surface area contributed by atoms with Crippen molar-refractivity contribution in [1.82, 2.24) is 20.0 Å². The standard InChI is InChI=1S/C20H17FN6O/c1-13(28)23-19-4-2-3-18(10-19)22-11-15-9-16(12-27-20(15)24-25-26-27)14-5-7-17(21)8-6-14/h2-10,12,22H,11H2,1H3,(H,23,28). The number of hydrogen-bond donors (Lipinski definition) is 2. The van der Waals surface area contributed by atoms with Crippen LogP contribution in [0.15, 0.2) is 60.8 Å². The van der Waals surface area contributed by atoms with E-state index in [9.17, 15) is 9.18 Å².